The molecular weight excluding hydrogens is 378 g/mol. The predicted molar refractivity (Wildman–Crippen MR) is 104 cm³/mol. The van der Waals surface area contributed by atoms with Crippen molar-refractivity contribution in [2.24, 2.45) is 4.99 Å². The van der Waals surface area contributed by atoms with E-state index >= 15 is 0 Å². The van der Waals surface area contributed by atoms with Gasteiger partial charge in [0.15, 0.2) is 4.80 Å². The molecule has 0 N–H and O–H groups in total. The van der Waals surface area contributed by atoms with Gasteiger partial charge < -0.3 is 14.0 Å². The van der Waals surface area contributed by atoms with Crippen molar-refractivity contribution in [3.63, 3.8) is 0 Å². The van der Waals surface area contributed by atoms with Crippen LogP contribution in [0.25, 0.3) is 10.2 Å². The number of hydrogen-bond acceptors (Lipinski definition) is 6. The van der Waals surface area contributed by atoms with E-state index in [1.165, 1.54) is 18.4 Å². The molecule has 7 nitrogen and oxygen atoms in total. The molecular formula is C20H17N3O4S. The first-order valence-electron chi connectivity index (χ1n) is 8.39. The van der Waals surface area contributed by atoms with Crippen molar-refractivity contribution in [3.05, 3.63) is 58.4 Å². The number of thiazole rings is 1. The number of carbonyl (C=O) groups excluding carboxylic acids is 2. The molecule has 3 aromatic rings. The Kier molecular flexibility index (Phi) is 5.87. The number of nitrogens with zero attached hydrogens (tertiary/aromatic N) is 3. The number of fused-ring (bicyclic) bond motifs is 1. The molecule has 0 fully saturated rings. The second-order valence-corrected chi connectivity index (χ2v) is 6.81. The Labute approximate surface area is 165 Å². The number of amides is 1. The number of nitriles is 1. The van der Waals surface area contributed by atoms with Crippen LogP contribution in [0.4, 0.5) is 0 Å². The van der Waals surface area contributed by atoms with Crippen molar-refractivity contribution in [1.29, 1.82) is 5.26 Å². The molecule has 0 radical (unpaired) electrons. The summed E-state index contributed by atoms with van der Waals surface area (Å²) >= 11 is 1.33. The maximum atomic E-state index is 12.6. The van der Waals surface area contributed by atoms with Crippen LogP contribution in [-0.4, -0.2) is 30.7 Å². The zero-order valence-electron chi connectivity index (χ0n) is 15.3. The lowest BCUT2D eigenvalue weighted by Crippen LogP contribution is -2.19. The molecule has 1 heterocycles. The molecule has 0 unspecified atom stereocenters. The third-order valence-corrected chi connectivity index (χ3v) is 5.16. The van der Waals surface area contributed by atoms with Crippen LogP contribution < -0.4 is 9.54 Å². The van der Waals surface area contributed by atoms with Crippen LogP contribution in [0.3, 0.4) is 0 Å². The molecule has 1 aromatic heterocycles. The number of benzene rings is 2. The average molecular weight is 395 g/mol. The maximum absolute atomic E-state index is 12.6. The molecule has 2 aromatic carbocycles. The van der Waals surface area contributed by atoms with Gasteiger partial charge in [-0.15, -0.1) is 0 Å². The minimum Gasteiger partial charge on any atom is -0.497 e. The quantitative estimate of drug-likeness (QED) is 0.619. The molecule has 142 valence electrons. The summed E-state index contributed by atoms with van der Waals surface area (Å²) in [4.78, 5) is 28.9. The highest BCUT2D eigenvalue weighted by molar-refractivity contribution is 7.16. The van der Waals surface area contributed by atoms with Crippen LogP contribution >= 0.6 is 11.3 Å². The standard InChI is InChI=1S/C20H17N3O4S/c1-26-15-7-8-16-17(11-15)28-20(23(16)10-9-18(24)27-2)22-19(25)14-5-3-13(12-21)4-6-14/h3-8,11H,9-10H2,1-2H3. The molecule has 0 bridgehead atoms. The van der Waals surface area contributed by atoms with Gasteiger partial charge in [0.1, 0.15) is 5.75 Å². The second-order valence-electron chi connectivity index (χ2n) is 5.80. The fourth-order valence-electron chi connectivity index (χ4n) is 2.63. The number of aryl methyl sites for hydroxylation is 1. The van der Waals surface area contributed by atoms with Crippen molar-refractivity contribution in [3.8, 4) is 11.8 Å². The third-order valence-electron chi connectivity index (χ3n) is 4.12. The van der Waals surface area contributed by atoms with Crippen molar-refractivity contribution in [1.82, 2.24) is 4.57 Å². The van der Waals surface area contributed by atoms with Crippen molar-refractivity contribution >= 4 is 33.4 Å². The van der Waals surface area contributed by atoms with E-state index in [4.69, 9.17) is 14.7 Å². The SMILES string of the molecule is COC(=O)CCn1c(=NC(=O)c2ccc(C#N)cc2)sc2cc(OC)ccc21. The highest BCUT2D eigenvalue weighted by atomic mass is 32.1. The number of esters is 1. The summed E-state index contributed by atoms with van der Waals surface area (Å²) in [5.41, 5.74) is 1.70. The van der Waals surface area contributed by atoms with Crippen LogP contribution in [0.2, 0.25) is 0 Å². The molecule has 0 aliphatic carbocycles. The fraction of sp³-hybridized carbons (Fsp3) is 0.200. The summed E-state index contributed by atoms with van der Waals surface area (Å²) in [6.45, 7) is 0.332. The first kappa shape index (κ1) is 19.3. The van der Waals surface area contributed by atoms with Crippen LogP contribution in [0, 0.1) is 11.3 Å². The van der Waals surface area contributed by atoms with E-state index in [-0.39, 0.29) is 12.4 Å². The monoisotopic (exact) mass is 395 g/mol. The molecule has 28 heavy (non-hydrogen) atoms. The van der Waals surface area contributed by atoms with E-state index in [1.807, 2.05) is 28.8 Å². The van der Waals surface area contributed by atoms with Gasteiger partial charge in [-0.05, 0) is 42.5 Å². The summed E-state index contributed by atoms with van der Waals surface area (Å²) in [5, 5.41) is 8.88. The van der Waals surface area contributed by atoms with Gasteiger partial charge in [-0.25, -0.2) is 0 Å². The van der Waals surface area contributed by atoms with Gasteiger partial charge in [0, 0.05) is 12.1 Å². The summed E-state index contributed by atoms with van der Waals surface area (Å²) < 4.78 is 12.7. The largest absolute Gasteiger partial charge is 0.497 e. The molecule has 0 saturated heterocycles. The Balaban J connectivity index is 2.06. The zero-order valence-corrected chi connectivity index (χ0v) is 16.2. The minimum atomic E-state index is -0.421. The summed E-state index contributed by atoms with van der Waals surface area (Å²) in [5.74, 6) is -0.0709. The number of rotatable bonds is 5. The maximum Gasteiger partial charge on any atom is 0.307 e. The Morgan fingerprint density at radius 3 is 2.57 bits per heavy atom. The summed E-state index contributed by atoms with van der Waals surface area (Å²) in [6.07, 6.45) is 0.159. The van der Waals surface area contributed by atoms with E-state index in [9.17, 15) is 9.59 Å². The van der Waals surface area contributed by atoms with Crippen molar-refractivity contribution in [2.75, 3.05) is 14.2 Å². The molecule has 0 spiro atoms. The molecule has 0 atom stereocenters. The van der Waals surface area contributed by atoms with Crippen LogP contribution in [0.5, 0.6) is 5.75 Å². The van der Waals surface area contributed by atoms with E-state index in [2.05, 4.69) is 4.99 Å². The third kappa shape index (κ3) is 4.10. The first-order chi connectivity index (χ1) is 13.5. The Morgan fingerprint density at radius 2 is 1.93 bits per heavy atom. The first-order valence-corrected chi connectivity index (χ1v) is 9.20. The number of hydrogen-bond donors (Lipinski definition) is 0. The molecule has 0 saturated carbocycles. The summed E-state index contributed by atoms with van der Waals surface area (Å²) in [6, 6.07) is 13.8. The van der Waals surface area contributed by atoms with Crippen molar-refractivity contribution < 1.29 is 19.1 Å². The molecule has 0 aliphatic heterocycles. The normalized spacial score (nSPS) is 11.2. The lowest BCUT2D eigenvalue weighted by Gasteiger charge is -2.05. The summed E-state index contributed by atoms with van der Waals surface area (Å²) in [7, 11) is 2.92. The zero-order chi connectivity index (χ0) is 20.1. The van der Waals surface area contributed by atoms with Gasteiger partial charge in [0.25, 0.3) is 5.91 Å². The van der Waals surface area contributed by atoms with Crippen LogP contribution in [0.15, 0.2) is 47.5 Å². The molecule has 8 heteroatoms. The molecule has 3 rings (SSSR count). The van der Waals surface area contributed by atoms with Crippen LogP contribution in [-0.2, 0) is 16.1 Å². The smallest absolute Gasteiger partial charge is 0.307 e. The lowest BCUT2D eigenvalue weighted by atomic mass is 10.1. The van der Waals surface area contributed by atoms with E-state index in [1.54, 1.807) is 31.4 Å². The number of methoxy groups -OCH3 is 2. The Bertz CT molecular complexity index is 1140. The van der Waals surface area contributed by atoms with Crippen molar-refractivity contribution in [2.45, 2.75) is 13.0 Å². The Morgan fingerprint density at radius 1 is 1.18 bits per heavy atom. The molecule has 1 amide bonds. The number of carbonyl (C=O) groups is 2. The average Bonchev–Trinajstić information content (AvgIpc) is 3.07. The van der Waals surface area contributed by atoms with Gasteiger partial charge in [-0.1, -0.05) is 11.3 Å². The van der Waals surface area contributed by atoms with Gasteiger partial charge in [0.05, 0.1) is 42.5 Å². The van der Waals surface area contributed by atoms with E-state index in [0.717, 1.165) is 10.2 Å². The second kappa shape index (κ2) is 8.50. The van der Waals surface area contributed by atoms with Gasteiger partial charge >= 0.3 is 5.97 Å². The highest BCUT2D eigenvalue weighted by Gasteiger charge is 2.12. The predicted octanol–water partition coefficient (Wildman–Crippen LogP) is 2.89. The minimum absolute atomic E-state index is 0.159. The lowest BCUT2D eigenvalue weighted by molar-refractivity contribution is -0.140. The van der Waals surface area contributed by atoms with Crippen LogP contribution in [0.1, 0.15) is 22.3 Å². The topological polar surface area (TPSA) is 93.7 Å². The van der Waals surface area contributed by atoms with E-state index in [0.29, 0.717) is 28.2 Å². The van der Waals surface area contributed by atoms with Gasteiger partial charge in [-0.3, -0.25) is 9.59 Å². The Hall–Kier alpha value is -3.44. The highest BCUT2D eigenvalue weighted by Crippen LogP contribution is 2.23. The number of ether oxygens (including phenoxy) is 2. The number of aromatic nitrogens is 1. The fourth-order valence-corrected chi connectivity index (χ4v) is 3.71. The molecule has 0 aliphatic rings. The van der Waals surface area contributed by atoms with E-state index < -0.39 is 5.91 Å². The van der Waals surface area contributed by atoms with Gasteiger partial charge in [-0.2, -0.15) is 10.3 Å². The van der Waals surface area contributed by atoms with Gasteiger partial charge in [0.2, 0.25) is 0 Å².